The average Bonchev–Trinajstić information content (AvgIpc) is 3.36. The Morgan fingerprint density at radius 3 is 2.71 bits per heavy atom. The molecular weight excluding hydrogens is 467 g/mol. The number of halogens is 3. The molecule has 0 fully saturated rings. The Balaban J connectivity index is 1.75. The van der Waals surface area contributed by atoms with Crippen LogP contribution in [0, 0.1) is 0 Å². The average molecular weight is 494 g/mol. The molecule has 1 atom stereocenters. The molecule has 1 aliphatic heterocycles. The number of sulfonamides is 1. The largest absolute Gasteiger partial charge is 0.502 e. The molecule has 0 saturated heterocycles. The maximum Gasteiger partial charge on any atom is 0.416 e. The molecule has 182 valence electrons. The summed E-state index contributed by atoms with van der Waals surface area (Å²) < 4.78 is 79.5. The van der Waals surface area contributed by atoms with E-state index in [9.17, 15) is 21.6 Å². The lowest BCUT2D eigenvalue weighted by Crippen LogP contribution is -2.43. The van der Waals surface area contributed by atoms with Crippen molar-refractivity contribution < 1.29 is 31.1 Å². The summed E-state index contributed by atoms with van der Waals surface area (Å²) in [5.41, 5.74) is 1.32. The van der Waals surface area contributed by atoms with Crippen LogP contribution in [0.2, 0.25) is 0 Å². The molecule has 4 rings (SSSR count). The summed E-state index contributed by atoms with van der Waals surface area (Å²) in [6, 6.07) is 9.20. The third-order valence-corrected chi connectivity index (χ3v) is 7.86. The summed E-state index contributed by atoms with van der Waals surface area (Å²) in [6.45, 7) is 3.75. The van der Waals surface area contributed by atoms with Gasteiger partial charge in [-0.25, -0.2) is 8.42 Å². The fourth-order valence-electron chi connectivity index (χ4n) is 4.21. The predicted octanol–water partition coefficient (Wildman–Crippen LogP) is 6.17. The van der Waals surface area contributed by atoms with Crippen LogP contribution in [0.3, 0.4) is 0 Å². The second-order valence-electron chi connectivity index (χ2n) is 8.39. The van der Waals surface area contributed by atoms with Crippen LogP contribution in [0.15, 0.2) is 65.8 Å². The number of anilines is 1. The number of alkyl halides is 3. The summed E-state index contributed by atoms with van der Waals surface area (Å²) in [5, 5.41) is 0. The molecule has 5 nitrogen and oxygen atoms in total. The van der Waals surface area contributed by atoms with Crippen molar-refractivity contribution in [3.05, 3.63) is 72.0 Å². The molecule has 2 aromatic carbocycles. The molecule has 1 aliphatic carbocycles. The summed E-state index contributed by atoms with van der Waals surface area (Å²) in [5.74, 6) is 0.905. The molecule has 2 aliphatic rings. The summed E-state index contributed by atoms with van der Waals surface area (Å²) in [7, 11) is -2.79. The maximum atomic E-state index is 13.6. The lowest BCUT2D eigenvalue weighted by Gasteiger charge is -2.36. The van der Waals surface area contributed by atoms with E-state index in [4.69, 9.17) is 9.47 Å². The second kappa shape index (κ2) is 9.37. The molecule has 1 heterocycles. The lowest BCUT2D eigenvalue weighted by molar-refractivity contribution is -0.137. The topological polar surface area (TPSA) is 55.8 Å². The van der Waals surface area contributed by atoms with Gasteiger partial charge in [-0.3, -0.25) is 4.31 Å². The summed E-state index contributed by atoms with van der Waals surface area (Å²) in [4.78, 5) is -0.416. The standard InChI is InChI=1S/C25H26F3NO4S/c1-17(32-2)10-12-21-16-29(34(30,31)22-9-5-8-20(15-22)25(26,27)28)23-14-19(11-13-24(23)33-21)18-6-3-4-7-18/h5-6,8-9,11,13-15,21H,1,3-4,7,10,12,16H2,2H3/t21-/m0/s1. The Bertz CT molecular complexity index is 1220. The molecule has 0 N–H and O–H groups in total. The van der Waals surface area contributed by atoms with Crippen molar-refractivity contribution in [1.82, 2.24) is 0 Å². The van der Waals surface area contributed by atoms with E-state index in [1.54, 1.807) is 12.1 Å². The molecule has 9 heteroatoms. The molecule has 0 bridgehead atoms. The molecular formula is C25H26F3NO4S. The van der Waals surface area contributed by atoms with E-state index in [1.165, 1.54) is 17.5 Å². The molecule has 2 aromatic rings. The second-order valence-corrected chi connectivity index (χ2v) is 10.2. The number of allylic oxidation sites excluding steroid dienone is 3. The minimum absolute atomic E-state index is 0.0366. The molecule has 0 amide bonds. The highest BCUT2D eigenvalue weighted by Gasteiger charge is 2.37. The van der Waals surface area contributed by atoms with Gasteiger partial charge in [-0.1, -0.05) is 24.8 Å². The Labute approximate surface area is 197 Å². The zero-order valence-corrected chi connectivity index (χ0v) is 19.6. The Morgan fingerprint density at radius 2 is 2.03 bits per heavy atom. The fourth-order valence-corrected chi connectivity index (χ4v) is 5.75. The van der Waals surface area contributed by atoms with Crippen LogP contribution in [-0.4, -0.2) is 28.2 Å². The van der Waals surface area contributed by atoms with Gasteiger partial charge in [-0.2, -0.15) is 13.2 Å². The zero-order chi connectivity index (χ0) is 24.5. The number of benzene rings is 2. The first-order chi connectivity index (χ1) is 16.1. The molecule has 0 spiro atoms. The van der Waals surface area contributed by atoms with Gasteiger partial charge in [0.25, 0.3) is 10.0 Å². The summed E-state index contributed by atoms with van der Waals surface area (Å²) in [6.07, 6.45) is 0.724. The van der Waals surface area contributed by atoms with Crippen LogP contribution < -0.4 is 9.04 Å². The molecule has 0 unspecified atom stereocenters. The van der Waals surface area contributed by atoms with E-state index in [1.807, 2.05) is 6.07 Å². The van der Waals surface area contributed by atoms with Crippen molar-refractivity contribution in [2.45, 2.75) is 49.3 Å². The third-order valence-electron chi connectivity index (χ3n) is 6.09. The van der Waals surface area contributed by atoms with Crippen molar-refractivity contribution in [2.24, 2.45) is 0 Å². The number of rotatable bonds is 7. The van der Waals surface area contributed by atoms with Gasteiger partial charge in [0.15, 0.2) is 0 Å². The first kappa shape index (κ1) is 24.2. The van der Waals surface area contributed by atoms with Crippen molar-refractivity contribution in [1.29, 1.82) is 0 Å². The van der Waals surface area contributed by atoms with Gasteiger partial charge in [0.1, 0.15) is 11.9 Å². The van der Waals surface area contributed by atoms with Crippen molar-refractivity contribution in [2.75, 3.05) is 18.0 Å². The Hall–Kier alpha value is -2.94. The van der Waals surface area contributed by atoms with Gasteiger partial charge in [-0.15, -0.1) is 0 Å². The van der Waals surface area contributed by atoms with E-state index >= 15 is 0 Å². The van der Waals surface area contributed by atoms with E-state index in [0.717, 1.165) is 42.5 Å². The monoisotopic (exact) mass is 493 g/mol. The van der Waals surface area contributed by atoms with Gasteiger partial charge in [0, 0.05) is 6.42 Å². The highest BCUT2D eigenvalue weighted by Crippen LogP contribution is 2.41. The lowest BCUT2D eigenvalue weighted by atomic mass is 10.0. The molecule has 34 heavy (non-hydrogen) atoms. The molecule has 0 aromatic heterocycles. The number of hydrogen-bond donors (Lipinski definition) is 0. The number of hydrogen-bond acceptors (Lipinski definition) is 4. The number of ether oxygens (including phenoxy) is 2. The summed E-state index contributed by atoms with van der Waals surface area (Å²) >= 11 is 0. The quantitative estimate of drug-likeness (QED) is 0.433. The number of fused-ring (bicyclic) bond motifs is 1. The Morgan fingerprint density at radius 1 is 1.24 bits per heavy atom. The minimum Gasteiger partial charge on any atom is -0.502 e. The smallest absolute Gasteiger partial charge is 0.416 e. The molecule has 0 radical (unpaired) electrons. The van der Waals surface area contributed by atoms with Gasteiger partial charge in [-0.05, 0) is 67.2 Å². The SMILES string of the molecule is C=C(CC[C@H]1CN(S(=O)(=O)c2cccc(C(F)(F)F)c2)c2cc(C3=CCCC3)ccc2O1)OC. The van der Waals surface area contributed by atoms with Crippen LogP contribution in [0.25, 0.3) is 5.57 Å². The number of methoxy groups -OCH3 is 1. The van der Waals surface area contributed by atoms with Crippen molar-refractivity contribution >= 4 is 21.3 Å². The van der Waals surface area contributed by atoms with Crippen LogP contribution in [0.4, 0.5) is 18.9 Å². The highest BCUT2D eigenvalue weighted by molar-refractivity contribution is 7.92. The molecule has 0 saturated carbocycles. The van der Waals surface area contributed by atoms with E-state index < -0.39 is 32.8 Å². The highest BCUT2D eigenvalue weighted by atomic mass is 32.2. The predicted molar refractivity (Wildman–Crippen MR) is 124 cm³/mol. The first-order valence-corrected chi connectivity index (χ1v) is 12.5. The van der Waals surface area contributed by atoms with Gasteiger partial charge in [0.05, 0.1) is 35.6 Å². The minimum atomic E-state index is -4.65. The third kappa shape index (κ3) is 4.94. The van der Waals surface area contributed by atoms with Gasteiger partial charge in [0.2, 0.25) is 0 Å². The van der Waals surface area contributed by atoms with E-state index in [-0.39, 0.29) is 6.54 Å². The Kier molecular flexibility index (Phi) is 6.66. The van der Waals surface area contributed by atoms with Crippen LogP contribution in [0.5, 0.6) is 5.75 Å². The normalized spacial score (nSPS) is 18.2. The number of nitrogens with zero attached hydrogens (tertiary/aromatic N) is 1. The van der Waals surface area contributed by atoms with Gasteiger partial charge < -0.3 is 9.47 Å². The first-order valence-electron chi connectivity index (χ1n) is 11.0. The maximum absolute atomic E-state index is 13.6. The van der Waals surface area contributed by atoms with Crippen LogP contribution >= 0.6 is 0 Å². The zero-order valence-electron chi connectivity index (χ0n) is 18.8. The fraction of sp³-hybridized carbons (Fsp3) is 0.360. The van der Waals surface area contributed by atoms with Crippen LogP contribution in [-0.2, 0) is 20.9 Å². The van der Waals surface area contributed by atoms with E-state index in [0.29, 0.717) is 36.1 Å². The van der Waals surface area contributed by atoms with E-state index in [2.05, 4.69) is 12.7 Å². The van der Waals surface area contributed by atoms with Crippen molar-refractivity contribution in [3.63, 3.8) is 0 Å². The van der Waals surface area contributed by atoms with Crippen molar-refractivity contribution in [3.8, 4) is 5.75 Å². The van der Waals surface area contributed by atoms with Crippen LogP contribution in [0.1, 0.15) is 43.2 Å². The van der Waals surface area contributed by atoms with Gasteiger partial charge >= 0.3 is 6.18 Å².